The molecule has 0 aromatic heterocycles. The van der Waals surface area contributed by atoms with E-state index in [2.05, 4.69) is 0 Å². The Kier molecular flexibility index (Phi) is 4.05. The van der Waals surface area contributed by atoms with Crippen molar-refractivity contribution in [3.63, 3.8) is 0 Å². The lowest BCUT2D eigenvalue weighted by Crippen LogP contribution is -2.61. The van der Waals surface area contributed by atoms with Crippen LogP contribution in [0.4, 0.5) is 0 Å². The summed E-state index contributed by atoms with van der Waals surface area (Å²) >= 11 is 10.9. The third-order valence-corrected chi connectivity index (χ3v) is 5.81. The highest BCUT2D eigenvalue weighted by molar-refractivity contribution is 7.81. The lowest BCUT2D eigenvalue weighted by atomic mass is 9.64. The van der Waals surface area contributed by atoms with E-state index in [0.717, 1.165) is 0 Å². The van der Waals surface area contributed by atoms with Crippen molar-refractivity contribution in [1.29, 1.82) is 10.8 Å². The van der Waals surface area contributed by atoms with Gasteiger partial charge in [0, 0.05) is 42.3 Å². The number of nitrogens with zero attached hydrogens (tertiary/aromatic N) is 4. The first kappa shape index (κ1) is 18.4. The van der Waals surface area contributed by atoms with Gasteiger partial charge in [-0.2, -0.15) is 0 Å². The van der Waals surface area contributed by atoms with Crippen molar-refractivity contribution in [3.8, 4) is 0 Å². The number of hydrogen-bond donors (Lipinski definition) is 2. The van der Waals surface area contributed by atoms with Crippen molar-refractivity contribution in [2.45, 2.75) is 0 Å². The number of rotatable bonds is 2. The molecule has 2 N–H and O–H groups in total. The standard InChI is InChI=1S/C14H20N6O2S2/c1-17(2)9(21)13-7(15)19(5)12(24)14(13,10(22)18(3)4)8(16)20(6)11(13)23/h15-16H,1-6H3. The molecule has 10 heteroatoms. The predicted molar refractivity (Wildman–Crippen MR) is 98.4 cm³/mol. The van der Waals surface area contributed by atoms with Crippen molar-refractivity contribution in [1.82, 2.24) is 19.6 Å². The van der Waals surface area contributed by atoms with E-state index < -0.39 is 22.6 Å². The average Bonchev–Trinajstić information content (AvgIpc) is 2.81. The molecule has 0 aromatic carbocycles. The summed E-state index contributed by atoms with van der Waals surface area (Å²) < 4.78 is 0. The summed E-state index contributed by atoms with van der Waals surface area (Å²) in [4.78, 5) is 31.7. The topological polar surface area (TPSA) is 94.8 Å². The molecular weight excluding hydrogens is 348 g/mol. The van der Waals surface area contributed by atoms with Gasteiger partial charge in [0.15, 0.2) is 10.8 Å². The summed E-state index contributed by atoms with van der Waals surface area (Å²) in [7, 11) is 9.16. The second-order valence-corrected chi connectivity index (χ2v) is 7.10. The van der Waals surface area contributed by atoms with Crippen LogP contribution in [0.5, 0.6) is 0 Å². The number of amides is 2. The van der Waals surface area contributed by atoms with Crippen LogP contribution in [-0.2, 0) is 9.59 Å². The van der Waals surface area contributed by atoms with Crippen molar-refractivity contribution < 1.29 is 9.59 Å². The van der Waals surface area contributed by atoms with E-state index in [0.29, 0.717) is 0 Å². The zero-order chi connectivity index (χ0) is 18.8. The molecule has 0 aliphatic carbocycles. The molecule has 0 aromatic rings. The zero-order valence-electron chi connectivity index (χ0n) is 14.4. The van der Waals surface area contributed by atoms with Crippen LogP contribution < -0.4 is 0 Å². The Morgan fingerprint density at radius 3 is 1.29 bits per heavy atom. The van der Waals surface area contributed by atoms with Crippen molar-refractivity contribution in [2.24, 2.45) is 10.8 Å². The SMILES string of the molecule is CN(C)C(=O)C12C(=N)N(C)C(=S)C1(C(=O)N(C)C)C(=N)N(C)C2=S. The Hall–Kier alpha value is -1.94. The minimum Gasteiger partial charge on any atom is -0.348 e. The van der Waals surface area contributed by atoms with Crippen LogP contribution in [0.25, 0.3) is 0 Å². The molecule has 2 atom stereocenters. The molecule has 2 heterocycles. The molecule has 2 aliphatic heterocycles. The average molecular weight is 368 g/mol. The Balaban J connectivity index is 3.01. The molecule has 0 saturated carbocycles. The van der Waals surface area contributed by atoms with E-state index in [1.54, 1.807) is 0 Å². The summed E-state index contributed by atoms with van der Waals surface area (Å²) in [5.74, 6) is -1.43. The molecule has 0 radical (unpaired) electrons. The lowest BCUT2D eigenvalue weighted by molar-refractivity contribution is -0.142. The van der Waals surface area contributed by atoms with Crippen LogP contribution in [0.3, 0.4) is 0 Å². The number of thiocarbonyl (C=S) groups is 2. The number of fused-ring (bicyclic) bond motifs is 1. The van der Waals surface area contributed by atoms with Crippen LogP contribution in [0.1, 0.15) is 0 Å². The highest BCUT2D eigenvalue weighted by Crippen LogP contribution is 2.57. The highest BCUT2D eigenvalue weighted by Gasteiger charge is 2.81. The molecule has 2 fully saturated rings. The van der Waals surface area contributed by atoms with Crippen LogP contribution in [0.2, 0.25) is 0 Å². The Bertz CT molecular complexity index is 622. The fraction of sp³-hybridized carbons (Fsp3) is 0.571. The molecule has 2 rings (SSSR count). The third-order valence-electron chi connectivity index (χ3n) is 4.65. The van der Waals surface area contributed by atoms with Gasteiger partial charge >= 0.3 is 0 Å². The molecule has 2 unspecified atom stereocenters. The first-order valence-corrected chi connectivity index (χ1v) is 7.91. The molecule has 24 heavy (non-hydrogen) atoms. The maximum absolute atomic E-state index is 13.2. The fourth-order valence-electron chi connectivity index (χ4n) is 3.47. The van der Waals surface area contributed by atoms with Gasteiger partial charge < -0.3 is 19.6 Å². The maximum Gasteiger partial charge on any atom is 0.244 e. The Morgan fingerprint density at radius 1 is 0.833 bits per heavy atom. The van der Waals surface area contributed by atoms with Crippen LogP contribution in [0, 0.1) is 21.6 Å². The third kappa shape index (κ3) is 1.62. The minimum absolute atomic E-state index is 0.0399. The summed E-state index contributed by atoms with van der Waals surface area (Å²) in [5.41, 5.74) is -3.63. The van der Waals surface area contributed by atoms with Gasteiger partial charge in [-0.3, -0.25) is 20.4 Å². The van der Waals surface area contributed by atoms with Crippen LogP contribution in [-0.4, -0.2) is 95.3 Å². The van der Waals surface area contributed by atoms with Gasteiger partial charge in [0.1, 0.15) is 21.6 Å². The van der Waals surface area contributed by atoms with E-state index >= 15 is 0 Å². The van der Waals surface area contributed by atoms with Crippen molar-refractivity contribution >= 4 is 57.9 Å². The number of nitrogens with one attached hydrogen (secondary N) is 2. The number of carbonyl (C=O) groups is 2. The molecular formula is C14H20N6O2S2. The van der Waals surface area contributed by atoms with E-state index in [1.807, 2.05) is 0 Å². The second-order valence-electron chi connectivity index (χ2n) is 6.32. The van der Waals surface area contributed by atoms with Gasteiger partial charge in [0.25, 0.3) is 0 Å². The van der Waals surface area contributed by atoms with E-state index in [4.69, 9.17) is 35.3 Å². The Labute approximate surface area is 151 Å². The number of amidine groups is 2. The highest BCUT2D eigenvalue weighted by atomic mass is 32.1. The Morgan fingerprint density at radius 2 is 1.08 bits per heavy atom. The van der Waals surface area contributed by atoms with Crippen molar-refractivity contribution in [2.75, 3.05) is 42.3 Å². The quantitative estimate of drug-likeness (QED) is 0.646. The molecule has 2 aliphatic rings. The smallest absolute Gasteiger partial charge is 0.244 e. The number of likely N-dealkylation sites (tertiary alicyclic amines) is 2. The maximum atomic E-state index is 13.2. The van der Waals surface area contributed by atoms with Gasteiger partial charge in [-0.25, -0.2) is 0 Å². The lowest BCUT2D eigenvalue weighted by Gasteiger charge is -2.36. The molecule has 0 bridgehead atoms. The largest absolute Gasteiger partial charge is 0.348 e. The summed E-state index contributed by atoms with van der Waals surface area (Å²) in [6, 6.07) is 0. The molecule has 0 spiro atoms. The van der Waals surface area contributed by atoms with Gasteiger partial charge in [0.2, 0.25) is 11.8 Å². The number of hydrogen-bond acceptors (Lipinski definition) is 6. The van der Waals surface area contributed by atoms with E-state index in [9.17, 15) is 9.59 Å². The molecule has 130 valence electrons. The second kappa shape index (κ2) is 5.28. The van der Waals surface area contributed by atoms with Gasteiger partial charge in [-0.05, 0) is 0 Å². The first-order chi connectivity index (χ1) is 10.9. The molecule has 8 nitrogen and oxygen atoms in total. The summed E-state index contributed by atoms with van der Waals surface area (Å²) in [6.07, 6.45) is 0. The monoisotopic (exact) mass is 368 g/mol. The fourth-order valence-corrected chi connectivity index (χ4v) is 4.32. The van der Waals surface area contributed by atoms with E-state index in [-0.39, 0.29) is 21.6 Å². The van der Waals surface area contributed by atoms with Gasteiger partial charge in [-0.15, -0.1) is 0 Å². The van der Waals surface area contributed by atoms with Crippen molar-refractivity contribution in [3.05, 3.63) is 0 Å². The predicted octanol–water partition coefficient (Wildman–Crippen LogP) is -0.364. The van der Waals surface area contributed by atoms with Gasteiger partial charge in [0.05, 0.1) is 0 Å². The summed E-state index contributed by atoms with van der Waals surface area (Å²) in [6.45, 7) is 0. The zero-order valence-corrected chi connectivity index (χ0v) is 16.1. The summed E-state index contributed by atoms with van der Waals surface area (Å²) in [5, 5.41) is 17.1. The van der Waals surface area contributed by atoms with Gasteiger partial charge in [-0.1, -0.05) is 24.4 Å². The molecule has 2 amide bonds. The molecule has 2 saturated heterocycles. The number of carbonyl (C=O) groups excluding carboxylic acids is 2. The van der Waals surface area contributed by atoms with Crippen LogP contribution in [0.15, 0.2) is 0 Å². The first-order valence-electron chi connectivity index (χ1n) is 7.09. The van der Waals surface area contributed by atoms with Crippen LogP contribution >= 0.6 is 24.4 Å². The minimum atomic E-state index is -1.81. The van der Waals surface area contributed by atoms with E-state index in [1.165, 1.54) is 61.9 Å². The normalized spacial score (nSPS) is 29.2.